The molecule has 0 radical (unpaired) electrons. The predicted molar refractivity (Wildman–Crippen MR) is 81.7 cm³/mol. The average molecular weight is 278 g/mol. The summed E-state index contributed by atoms with van der Waals surface area (Å²) in [7, 11) is 0. The van der Waals surface area contributed by atoms with Gasteiger partial charge in [0.15, 0.2) is 0 Å². The van der Waals surface area contributed by atoms with Gasteiger partial charge in [-0.2, -0.15) is 0 Å². The molecule has 3 heteroatoms. The Labute approximate surface area is 121 Å². The Balaban J connectivity index is 1.42. The molecule has 1 N–H and O–H groups in total. The highest BCUT2D eigenvalue weighted by Gasteiger charge is 2.37. The summed E-state index contributed by atoms with van der Waals surface area (Å²) in [5.74, 6) is 0.558. The van der Waals surface area contributed by atoms with Crippen molar-refractivity contribution in [2.24, 2.45) is 5.41 Å². The third-order valence-electron chi connectivity index (χ3n) is 5.30. The summed E-state index contributed by atoms with van der Waals surface area (Å²) in [5.41, 5.74) is 0.763. The van der Waals surface area contributed by atoms with E-state index in [-0.39, 0.29) is 0 Å². The maximum Gasteiger partial charge on any atom is 0.0965 e. The summed E-state index contributed by atoms with van der Waals surface area (Å²) in [6, 6.07) is 0.758. The molecule has 2 aliphatic rings. The largest absolute Gasteiger partial charge is 0.313 e. The van der Waals surface area contributed by atoms with Crippen LogP contribution in [-0.4, -0.2) is 17.6 Å². The van der Waals surface area contributed by atoms with Crippen LogP contribution in [0.4, 0.5) is 0 Å². The molecule has 1 spiro atoms. The summed E-state index contributed by atoms with van der Waals surface area (Å²) >= 11 is 1.78. The molecule has 1 heterocycles. The van der Waals surface area contributed by atoms with Crippen molar-refractivity contribution in [2.75, 3.05) is 6.54 Å². The monoisotopic (exact) mass is 278 g/mol. The third kappa shape index (κ3) is 3.19. The summed E-state index contributed by atoms with van der Waals surface area (Å²) in [6.45, 7) is 3.37. The zero-order valence-electron chi connectivity index (χ0n) is 12.0. The first-order valence-corrected chi connectivity index (χ1v) is 8.78. The van der Waals surface area contributed by atoms with E-state index in [1.165, 1.54) is 56.4 Å². The fourth-order valence-electron chi connectivity index (χ4n) is 3.97. The van der Waals surface area contributed by atoms with Gasteiger partial charge in [-0.05, 0) is 43.9 Å². The van der Waals surface area contributed by atoms with Crippen LogP contribution < -0.4 is 5.32 Å². The third-order valence-corrected chi connectivity index (χ3v) is 6.30. The summed E-state index contributed by atoms with van der Waals surface area (Å²) < 4.78 is 0. The molecule has 3 rings (SSSR count). The van der Waals surface area contributed by atoms with Crippen LogP contribution in [-0.2, 0) is 0 Å². The Morgan fingerprint density at radius 2 is 2.05 bits per heavy atom. The second-order valence-electron chi connectivity index (χ2n) is 6.66. The molecular formula is C16H26N2S. The Morgan fingerprint density at radius 1 is 1.32 bits per heavy atom. The van der Waals surface area contributed by atoms with Crippen molar-refractivity contribution in [2.45, 2.75) is 70.3 Å². The number of hydrogen-bond acceptors (Lipinski definition) is 3. The average Bonchev–Trinajstić information content (AvgIpc) is 3.09. The lowest BCUT2D eigenvalue weighted by atomic mass is 9.71. The van der Waals surface area contributed by atoms with E-state index in [1.807, 2.05) is 6.20 Å². The molecule has 2 saturated carbocycles. The number of rotatable bonds is 4. The van der Waals surface area contributed by atoms with Crippen LogP contribution in [0.15, 0.2) is 11.6 Å². The van der Waals surface area contributed by atoms with Crippen molar-refractivity contribution >= 4 is 11.3 Å². The van der Waals surface area contributed by atoms with Crippen LogP contribution >= 0.6 is 11.3 Å². The van der Waals surface area contributed by atoms with Gasteiger partial charge in [-0.15, -0.1) is 11.3 Å². The lowest BCUT2D eigenvalue weighted by molar-refractivity contribution is 0.168. The molecule has 1 atom stereocenters. The number of nitrogens with one attached hydrogen (secondary N) is 1. The zero-order valence-corrected chi connectivity index (χ0v) is 12.8. The van der Waals surface area contributed by atoms with Gasteiger partial charge < -0.3 is 5.32 Å². The van der Waals surface area contributed by atoms with Gasteiger partial charge in [-0.1, -0.05) is 19.8 Å². The summed E-state index contributed by atoms with van der Waals surface area (Å²) in [6.07, 6.45) is 13.6. The molecule has 1 aromatic heterocycles. The highest BCUT2D eigenvalue weighted by molar-refractivity contribution is 7.09. The molecule has 0 amide bonds. The number of thiazole rings is 1. The highest BCUT2D eigenvalue weighted by Crippen LogP contribution is 2.48. The Hall–Kier alpha value is -0.410. The Bertz CT molecular complexity index is 371. The van der Waals surface area contributed by atoms with Gasteiger partial charge in [0.05, 0.1) is 5.01 Å². The molecule has 1 unspecified atom stereocenters. The van der Waals surface area contributed by atoms with Gasteiger partial charge >= 0.3 is 0 Å². The van der Waals surface area contributed by atoms with Crippen LogP contribution in [0.25, 0.3) is 0 Å². The van der Waals surface area contributed by atoms with E-state index in [4.69, 9.17) is 0 Å². The molecule has 2 fully saturated rings. The van der Waals surface area contributed by atoms with Crippen LogP contribution in [0, 0.1) is 5.41 Å². The van der Waals surface area contributed by atoms with Crippen molar-refractivity contribution in [3.8, 4) is 0 Å². The Morgan fingerprint density at radius 3 is 2.68 bits per heavy atom. The van der Waals surface area contributed by atoms with E-state index >= 15 is 0 Å². The minimum atomic E-state index is 0.558. The van der Waals surface area contributed by atoms with Crippen LogP contribution in [0.2, 0.25) is 0 Å². The second-order valence-corrected chi connectivity index (χ2v) is 7.59. The van der Waals surface area contributed by atoms with Gasteiger partial charge in [-0.3, -0.25) is 0 Å². The van der Waals surface area contributed by atoms with Gasteiger partial charge in [0.2, 0.25) is 0 Å². The maximum atomic E-state index is 4.42. The quantitative estimate of drug-likeness (QED) is 0.886. The van der Waals surface area contributed by atoms with E-state index in [1.54, 1.807) is 11.3 Å². The topological polar surface area (TPSA) is 24.9 Å². The van der Waals surface area contributed by atoms with E-state index < -0.39 is 0 Å². The van der Waals surface area contributed by atoms with Gasteiger partial charge in [0.1, 0.15) is 0 Å². The fourth-order valence-corrected chi connectivity index (χ4v) is 4.67. The van der Waals surface area contributed by atoms with E-state index in [0.29, 0.717) is 5.92 Å². The first-order valence-electron chi connectivity index (χ1n) is 7.90. The van der Waals surface area contributed by atoms with Crippen molar-refractivity contribution in [3.63, 3.8) is 0 Å². The molecule has 0 aliphatic heterocycles. The van der Waals surface area contributed by atoms with Gasteiger partial charge in [0, 0.05) is 30.1 Å². The molecule has 0 bridgehead atoms. The first-order chi connectivity index (χ1) is 9.27. The molecule has 19 heavy (non-hydrogen) atoms. The molecule has 0 saturated heterocycles. The van der Waals surface area contributed by atoms with E-state index in [2.05, 4.69) is 22.6 Å². The molecule has 2 nitrogen and oxygen atoms in total. The predicted octanol–water partition coefficient (Wildman–Crippen LogP) is 4.34. The molecule has 106 valence electrons. The van der Waals surface area contributed by atoms with Crippen molar-refractivity contribution in [1.29, 1.82) is 0 Å². The van der Waals surface area contributed by atoms with Crippen LogP contribution in [0.1, 0.15) is 69.2 Å². The summed E-state index contributed by atoms with van der Waals surface area (Å²) in [4.78, 5) is 4.42. The maximum absolute atomic E-state index is 4.42. The Kier molecular flexibility index (Phi) is 4.23. The molecule has 1 aromatic rings. The van der Waals surface area contributed by atoms with Crippen molar-refractivity contribution in [3.05, 3.63) is 16.6 Å². The lowest BCUT2D eigenvalue weighted by Gasteiger charge is -2.37. The van der Waals surface area contributed by atoms with E-state index in [9.17, 15) is 0 Å². The number of aromatic nitrogens is 1. The zero-order chi connectivity index (χ0) is 13.1. The normalized spacial score (nSPS) is 24.9. The van der Waals surface area contributed by atoms with Crippen molar-refractivity contribution < 1.29 is 0 Å². The molecular weight excluding hydrogens is 252 g/mol. The minimum absolute atomic E-state index is 0.558. The smallest absolute Gasteiger partial charge is 0.0965 e. The van der Waals surface area contributed by atoms with Crippen LogP contribution in [0.3, 0.4) is 0 Å². The molecule has 2 aliphatic carbocycles. The lowest BCUT2D eigenvalue weighted by Crippen LogP contribution is -2.38. The van der Waals surface area contributed by atoms with Crippen LogP contribution in [0.5, 0.6) is 0 Å². The first kappa shape index (κ1) is 13.6. The summed E-state index contributed by atoms with van der Waals surface area (Å²) in [5, 5.41) is 7.14. The highest BCUT2D eigenvalue weighted by atomic mass is 32.1. The standard InChI is InChI=1S/C16H26N2S/c1-13(15-17-10-11-19-15)12-18-14-4-8-16(9-5-14)6-2-3-7-16/h10-11,13-14,18H,2-9,12H2,1H3. The SMILES string of the molecule is CC(CNC1CCC2(CCCC2)CC1)c1nccs1. The van der Waals surface area contributed by atoms with Gasteiger partial charge in [0.25, 0.3) is 0 Å². The fraction of sp³-hybridized carbons (Fsp3) is 0.812. The van der Waals surface area contributed by atoms with Gasteiger partial charge in [-0.25, -0.2) is 4.98 Å². The minimum Gasteiger partial charge on any atom is -0.313 e. The number of hydrogen-bond donors (Lipinski definition) is 1. The number of nitrogens with zero attached hydrogens (tertiary/aromatic N) is 1. The van der Waals surface area contributed by atoms with E-state index in [0.717, 1.165) is 18.0 Å². The second kappa shape index (κ2) is 5.92. The molecule has 0 aromatic carbocycles. The van der Waals surface area contributed by atoms with Crippen molar-refractivity contribution in [1.82, 2.24) is 10.3 Å².